The number of anilines is 1. The maximum absolute atomic E-state index is 12.1. The molecular formula is C17H25N3O2. The zero-order valence-electron chi connectivity index (χ0n) is 14.0. The minimum absolute atomic E-state index is 0.0873. The van der Waals surface area contributed by atoms with E-state index in [0.717, 1.165) is 16.8 Å². The third-order valence-corrected chi connectivity index (χ3v) is 3.90. The summed E-state index contributed by atoms with van der Waals surface area (Å²) in [6, 6.07) is 5.47. The van der Waals surface area contributed by atoms with Gasteiger partial charge in [-0.05, 0) is 46.2 Å². The molecular weight excluding hydrogens is 278 g/mol. The number of carbonyl (C=O) groups is 2. The number of urea groups is 1. The summed E-state index contributed by atoms with van der Waals surface area (Å²) in [5.41, 5.74) is 2.76. The lowest BCUT2D eigenvalue weighted by molar-refractivity contribution is -0.131. The van der Waals surface area contributed by atoms with Gasteiger partial charge in [-0.1, -0.05) is 17.7 Å². The van der Waals surface area contributed by atoms with Crippen LogP contribution in [0.1, 0.15) is 38.3 Å². The quantitative estimate of drug-likeness (QED) is 0.882. The van der Waals surface area contributed by atoms with Crippen molar-refractivity contribution in [1.29, 1.82) is 0 Å². The van der Waals surface area contributed by atoms with Gasteiger partial charge in [0.05, 0.1) is 6.04 Å². The molecule has 1 aromatic carbocycles. The van der Waals surface area contributed by atoms with Crippen molar-refractivity contribution in [2.24, 2.45) is 0 Å². The van der Waals surface area contributed by atoms with Crippen molar-refractivity contribution in [1.82, 2.24) is 10.2 Å². The molecule has 1 unspecified atom stereocenters. The molecule has 5 heteroatoms. The van der Waals surface area contributed by atoms with E-state index in [9.17, 15) is 9.59 Å². The number of nitrogens with zero attached hydrogens (tertiary/aromatic N) is 1. The molecule has 2 rings (SSSR count). The molecule has 1 aliphatic rings. The van der Waals surface area contributed by atoms with E-state index in [0.29, 0.717) is 13.0 Å². The van der Waals surface area contributed by atoms with Crippen molar-refractivity contribution in [3.8, 4) is 0 Å². The molecule has 0 aliphatic carbocycles. The average Bonchev–Trinajstić information content (AvgIpc) is 2.73. The second kappa shape index (κ2) is 5.99. The van der Waals surface area contributed by atoms with Gasteiger partial charge in [-0.15, -0.1) is 0 Å². The van der Waals surface area contributed by atoms with Gasteiger partial charge in [-0.25, -0.2) is 4.79 Å². The lowest BCUT2D eigenvalue weighted by Gasteiger charge is -2.32. The minimum atomic E-state index is -0.263. The molecule has 22 heavy (non-hydrogen) atoms. The molecule has 3 amide bonds. The van der Waals surface area contributed by atoms with Crippen LogP contribution in [0, 0.1) is 13.8 Å². The topological polar surface area (TPSA) is 61.4 Å². The van der Waals surface area contributed by atoms with Crippen molar-refractivity contribution < 1.29 is 9.59 Å². The molecule has 1 saturated heterocycles. The second-order valence-corrected chi connectivity index (χ2v) is 6.99. The Bertz CT molecular complexity index is 590. The van der Waals surface area contributed by atoms with Crippen LogP contribution in [0.5, 0.6) is 0 Å². The van der Waals surface area contributed by atoms with Gasteiger partial charge in [0.25, 0.3) is 0 Å². The fraction of sp³-hybridized carbons (Fsp3) is 0.529. The number of amides is 3. The first-order valence-corrected chi connectivity index (χ1v) is 7.62. The Balaban J connectivity index is 1.94. The van der Waals surface area contributed by atoms with Crippen molar-refractivity contribution in [3.05, 3.63) is 29.3 Å². The smallest absolute Gasteiger partial charge is 0.319 e. The van der Waals surface area contributed by atoms with E-state index in [1.54, 1.807) is 0 Å². The monoisotopic (exact) mass is 303 g/mol. The van der Waals surface area contributed by atoms with Crippen LogP contribution in [-0.4, -0.2) is 35.0 Å². The zero-order valence-corrected chi connectivity index (χ0v) is 14.0. The molecule has 1 aromatic rings. The summed E-state index contributed by atoms with van der Waals surface area (Å²) in [6.07, 6.45) is 0.359. The molecule has 1 aliphatic heterocycles. The maximum Gasteiger partial charge on any atom is 0.319 e. The summed E-state index contributed by atoms with van der Waals surface area (Å²) in [5, 5.41) is 5.74. The van der Waals surface area contributed by atoms with Gasteiger partial charge in [0.1, 0.15) is 0 Å². The van der Waals surface area contributed by atoms with E-state index < -0.39 is 0 Å². The molecule has 0 spiro atoms. The van der Waals surface area contributed by atoms with Gasteiger partial charge in [0.2, 0.25) is 5.91 Å². The summed E-state index contributed by atoms with van der Waals surface area (Å²) >= 11 is 0. The number of hydrogen-bond donors (Lipinski definition) is 2. The third kappa shape index (κ3) is 3.78. The fourth-order valence-electron chi connectivity index (χ4n) is 2.75. The van der Waals surface area contributed by atoms with Crippen LogP contribution in [0.2, 0.25) is 0 Å². The SMILES string of the molecule is Cc1ccc(NC(=O)NC2CC(=O)N(C(C)(C)C)C2)c(C)c1. The normalized spacial score (nSPS) is 18.5. The van der Waals surface area contributed by atoms with Gasteiger partial charge in [0.15, 0.2) is 0 Å². The third-order valence-electron chi connectivity index (χ3n) is 3.90. The molecule has 1 atom stereocenters. The highest BCUT2D eigenvalue weighted by Crippen LogP contribution is 2.22. The molecule has 0 bridgehead atoms. The maximum atomic E-state index is 12.1. The van der Waals surface area contributed by atoms with Gasteiger partial charge in [-0.3, -0.25) is 4.79 Å². The lowest BCUT2D eigenvalue weighted by atomic mass is 10.1. The van der Waals surface area contributed by atoms with Crippen LogP contribution in [0.15, 0.2) is 18.2 Å². The number of rotatable bonds is 2. The predicted molar refractivity (Wildman–Crippen MR) is 87.9 cm³/mol. The largest absolute Gasteiger partial charge is 0.336 e. The minimum Gasteiger partial charge on any atom is -0.336 e. The highest BCUT2D eigenvalue weighted by molar-refractivity contribution is 5.91. The van der Waals surface area contributed by atoms with Gasteiger partial charge in [-0.2, -0.15) is 0 Å². The molecule has 0 saturated carbocycles. The standard InChI is InChI=1S/C17H25N3O2/c1-11-6-7-14(12(2)8-11)19-16(22)18-13-9-15(21)20(10-13)17(3,4)5/h6-8,13H,9-10H2,1-5H3,(H2,18,19,22). The molecule has 120 valence electrons. The Labute approximate surface area is 132 Å². The summed E-state index contributed by atoms with van der Waals surface area (Å²) in [7, 11) is 0. The fourth-order valence-corrected chi connectivity index (χ4v) is 2.75. The summed E-state index contributed by atoms with van der Waals surface area (Å²) in [5.74, 6) is 0.0873. The molecule has 1 fully saturated rings. The number of benzene rings is 1. The van der Waals surface area contributed by atoms with E-state index in [1.807, 2.05) is 57.7 Å². The number of aryl methyl sites for hydroxylation is 2. The number of likely N-dealkylation sites (tertiary alicyclic amines) is 1. The lowest BCUT2D eigenvalue weighted by Crippen LogP contribution is -2.45. The number of nitrogens with one attached hydrogen (secondary N) is 2. The highest BCUT2D eigenvalue weighted by atomic mass is 16.2. The first kappa shape index (κ1) is 16.3. The predicted octanol–water partition coefficient (Wildman–Crippen LogP) is 2.82. The van der Waals surface area contributed by atoms with Gasteiger partial charge >= 0.3 is 6.03 Å². The van der Waals surface area contributed by atoms with E-state index >= 15 is 0 Å². The second-order valence-electron chi connectivity index (χ2n) is 6.99. The first-order chi connectivity index (χ1) is 10.2. The summed E-state index contributed by atoms with van der Waals surface area (Å²) in [6.45, 7) is 10.5. The van der Waals surface area contributed by atoms with Crippen LogP contribution in [0.25, 0.3) is 0 Å². The summed E-state index contributed by atoms with van der Waals surface area (Å²) in [4.78, 5) is 25.9. The molecule has 0 aromatic heterocycles. The van der Waals surface area contributed by atoms with Crippen LogP contribution < -0.4 is 10.6 Å². The first-order valence-electron chi connectivity index (χ1n) is 7.62. The Kier molecular flexibility index (Phi) is 4.44. The number of carbonyl (C=O) groups excluding carboxylic acids is 2. The van der Waals surface area contributed by atoms with Gasteiger partial charge < -0.3 is 15.5 Å². The van der Waals surface area contributed by atoms with E-state index in [1.165, 1.54) is 0 Å². The Hall–Kier alpha value is -2.04. The van der Waals surface area contributed by atoms with Crippen molar-refractivity contribution >= 4 is 17.6 Å². The van der Waals surface area contributed by atoms with Crippen LogP contribution in [0.3, 0.4) is 0 Å². The van der Waals surface area contributed by atoms with E-state index in [2.05, 4.69) is 10.6 Å². The van der Waals surface area contributed by atoms with Crippen molar-refractivity contribution in [2.75, 3.05) is 11.9 Å². The summed E-state index contributed by atoms with van der Waals surface area (Å²) < 4.78 is 0. The van der Waals surface area contributed by atoms with Gasteiger partial charge in [0, 0.05) is 24.2 Å². The van der Waals surface area contributed by atoms with E-state index in [-0.39, 0.29) is 23.5 Å². The highest BCUT2D eigenvalue weighted by Gasteiger charge is 2.36. The van der Waals surface area contributed by atoms with Crippen LogP contribution in [-0.2, 0) is 4.79 Å². The van der Waals surface area contributed by atoms with Crippen LogP contribution >= 0.6 is 0 Å². The molecule has 0 radical (unpaired) electrons. The van der Waals surface area contributed by atoms with E-state index in [4.69, 9.17) is 0 Å². The Morgan fingerprint density at radius 1 is 1.27 bits per heavy atom. The Morgan fingerprint density at radius 2 is 1.95 bits per heavy atom. The zero-order chi connectivity index (χ0) is 16.5. The number of hydrogen-bond acceptors (Lipinski definition) is 2. The molecule has 1 heterocycles. The molecule has 2 N–H and O–H groups in total. The van der Waals surface area contributed by atoms with Crippen LogP contribution in [0.4, 0.5) is 10.5 Å². The Morgan fingerprint density at radius 3 is 2.50 bits per heavy atom. The molecule has 5 nitrogen and oxygen atoms in total. The average molecular weight is 303 g/mol. The van der Waals surface area contributed by atoms with Crippen molar-refractivity contribution in [2.45, 2.75) is 52.6 Å². The van der Waals surface area contributed by atoms with Crippen molar-refractivity contribution in [3.63, 3.8) is 0 Å².